The van der Waals surface area contributed by atoms with Gasteiger partial charge >= 0.3 is 11.7 Å². The number of hydrogen-bond acceptors (Lipinski definition) is 4. The lowest BCUT2D eigenvalue weighted by Gasteiger charge is -2.08. The van der Waals surface area contributed by atoms with E-state index in [4.69, 9.17) is 9.26 Å². The van der Waals surface area contributed by atoms with E-state index in [-0.39, 0.29) is 0 Å². The molecule has 0 bridgehead atoms. The second-order valence-electron chi connectivity index (χ2n) is 5.11. The van der Waals surface area contributed by atoms with Crippen LogP contribution in [0.15, 0.2) is 70.0 Å². The summed E-state index contributed by atoms with van der Waals surface area (Å²) in [6, 6.07) is 17.2. The molecular weight excluding hydrogens is 308 g/mol. The van der Waals surface area contributed by atoms with Crippen LogP contribution in [0.2, 0.25) is 0 Å². The van der Waals surface area contributed by atoms with E-state index >= 15 is 0 Å². The van der Waals surface area contributed by atoms with Crippen LogP contribution in [0.3, 0.4) is 0 Å². The number of aromatic nitrogens is 1. The van der Waals surface area contributed by atoms with Gasteiger partial charge in [0.25, 0.3) is 0 Å². The first-order chi connectivity index (χ1) is 11.7. The number of nitrogens with one attached hydrogen (secondary N) is 1. The van der Waals surface area contributed by atoms with E-state index in [1.165, 1.54) is 6.07 Å². The first-order valence-electron chi connectivity index (χ1n) is 7.37. The fraction of sp³-hybridized carbons (Fsp3) is 0.111. The van der Waals surface area contributed by atoms with Crippen molar-refractivity contribution in [3.63, 3.8) is 0 Å². The predicted octanol–water partition coefficient (Wildman–Crippen LogP) is 2.87. The van der Waals surface area contributed by atoms with Crippen molar-refractivity contribution in [2.24, 2.45) is 0 Å². The van der Waals surface area contributed by atoms with Gasteiger partial charge < -0.3 is 14.6 Å². The largest absolute Gasteiger partial charge is 0.497 e. The Morgan fingerprint density at radius 2 is 1.83 bits per heavy atom. The highest BCUT2D eigenvalue weighted by Crippen LogP contribution is 2.17. The molecule has 2 aromatic carbocycles. The van der Waals surface area contributed by atoms with Gasteiger partial charge in [0.15, 0.2) is 0 Å². The highest BCUT2D eigenvalue weighted by molar-refractivity contribution is 5.80. The maximum Gasteiger partial charge on any atom is 0.358 e. The van der Waals surface area contributed by atoms with Gasteiger partial charge in [-0.15, -0.1) is 4.74 Å². The minimum atomic E-state index is -0.576. The van der Waals surface area contributed by atoms with E-state index < -0.39 is 11.7 Å². The molecular formula is C18H16N2O4. The van der Waals surface area contributed by atoms with Crippen molar-refractivity contribution in [3.8, 4) is 17.0 Å². The Labute approximate surface area is 138 Å². The third-order valence-electron chi connectivity index (χ3n) is 3.51. The van der Waals surface area contributed by atoms with Crippen molar-refractivity contribution in [3.05, 3.63) is 76.6 Å². The van der Waals surface area contributed by atoms with E-state index in [1.54, 1.807) is 19.2 Å². The average molecular weight is 324 g/mol. The first-order valence-corrected chi connectivity index (χ1v) is 7.37. The second kappa shape index (κ2) is 6.87. The van der Waals surface area contributed by atoms with Crippen LogP contribution in [0.4, 0.5) is 4.79 Å². The topological polar surface area (TPSA) is 73.5 Å². The normalized spacial score (nSPS) is 10.4. The Morgan fingerprint density at radius 3 is 2.50 bits per heavy atom. The minimum absolute atomic E-state index is 0.305. The summed E-state index contributed by atoms with van der Waals surface area (Å²) in [5.41, 5.74) is 1.46. The number of ether oxygens (including phenoxy) is 1. The minimum Gasteiger partial charge on any atom is -0.497 e. The van der Waals surface area contributed by atoms with E-state index in [0.717, 1.165) is 21.6 Å². The zero-order valence-corrected chi connectivity index (χ0v) is 13.1. The van der Waals surface area contributed by atoms with E-state index in [1.807, 2.05) is 42.5 Å². The van der Waals surface area contributed by atoms with E-state index in [0.29, 0.717) is 12.2 Å². The second-order valence-corrected chi connectivity index (χ2v) is 5.11. The van der Waals surface area contributed by atoms with Crippen LogP contribution in [0.25, 0.3) is 11.3 Å². The van der Waals surface area contributed by atoms with Crippen LogP contribution in [0, 0.1) is 0 Å². The zero-order valence-electron chi connectivity index (χ0n) is 13.1. The highest BCUT2D eigenvalue weighted by Gasteiger charge is 2.15. The summed E-state index contributed by atoms with van der Waals surface area (Å²) in [5, 5.41) is 2.73. The number of carbonyl (C=O) groups is 1. The summed E-state index contributed by atoms with van der Waals surface area (Å²) in [6.45, 7) is 0.305. The third kappa shape index (κ3) is 3.38. The van der Waals surface area contributed by atoms with Gasteiger partial charge in [-0.25, -0.2) is 9.59 Å². The van der Waals surface area contributed by atoms with Crippen LogP contribution in [0.1, 0.15) is 5.56 Å². The van der Waals surface area contributed by atoms with Crippen LogP contribution < -0.4 is 15.7 Å². The van der Waals surface area contributed by atoms with E-state index in [2.05, 4.69) is 5.32 Å². The average Bonchev–Trinajstić information content (AvgIpc) is 3.03. The number of amides is 1. The molecule has 0 atom stereocenters. The number of carbonyl (C=O) groups excluding carboxylic acids is 1. The molecule has 3 rings (SSSR count). The van der Waals surface area contributed by atoms with Crippen molar-refractivity contribution in [2.45, 2.75) is 6.54 Å². The Morgan fingerprint density at radius 1 is 1.12 bits per heavy atom. The molecule has 0 saturated carbocycles. The summed E-state index contributed by atoms with van der Waals surface area (Å²) < 4.78 is 11.0. The monoisotopic (exact) mass is 324 g/mol. The summed E-state index contributed by atoms with van der Waals surface area (Å²) in [7, 11) is 1.59. The number of rotatable bonds is 4. The molecule has 122 valence electrons. The smallest absolute Gasteiger partial charge is 0.358 e. The standard InChI is InChI=1S/C18H16N2O4/c1-23-15-9-7-13(8-10-15)12-19-18(22)20-16(11-17(21)24-20)14-5-3-2-4-6-14/h2-11H,12H2,1H3,(H,19,22). The molecule has 0 aliphatic rings. The zero-order chi connectivity index (χ0) is 16.9. The van der Waals surface area contributed by atoms with Gasteiger partial charge in [0.1, 0.15) is 11.4 Å². The molecule has 0 radical (unpaired) electrons. The molecule has 6 heteroatoms. The first kappa shape index (κ1) is 15.6. The third-order valence-corrected chi connectivity index (χ3v) is 3.51. The van der Waals surface area contributed by atoms with E-state index in [9.17, 15) is 9.59 Å². The fourth-order valence-electron chi connectivity index (χ4n) is 2.29. The molecule has 0 saturated heterocycles. The number of nitrogens with zero attached hydrogens (tertiary/aromatic N) is 1. The number of benzene rings is 2. The molecule has 6 nitrogen and oxygen atoms in total. The van der Waals surface area contributed by atoms with Gasteiger partial charge in [-0.2, -0.15) is 0 Å². The molecule has 1 amide bonds. The lowest BCUT2D eigenvalue weighted by Crippen LogP contribution is -2.28. The van der Waals surface area contributed by atoms with Crippen molar-refractivity contribution in [1.82, 2.24) is 10.1 Å². The van der Waals surface area contributed by atoms with Crippen LogP contribution in [-0.2, 0) is 6.54 Å². The maximum atomic E-state index is 12.3. The molecule has 24 heavy (non-hydrogen) atoms. The van der Waals surface area contributed by atoms with Gasteiger partial charge in [0.2, 0.25) is 0 Å². The maximum absolute atomic E-state index is 12.3. The molecule has 0 fully saturated rings. The fourth-order valence-corrected chi connectivity index (χ4v) is 2.29. The van der Waals surface area contributed by atoms with Crippen LogP contribution in [-0.4, -0.2) is 17.9 Å². The van der Waals surface area contributed by atoms with Crippen molar-refractivity contribution in [1.29, 1.82) is 0 Å². The Hall–Kier alpha value is -3.28. The summed E-state index contributed by atoms with van der Waals surface area (Å²) in [4.78, 5) is 23.9. The molecule has 0 aliphatic heterocycles. The lowest BCUT2D eigenvalue weighted by molar-refractivity contribution is 0.208. The SMILES string of the molecule is COc1ccc(CNC(=O)n2oc(=O)cc2-c2ccccc2)cc1. The van der Waals surface area contributed by atoms with Crippen LogP contribution in [0.5, 0.6) is 5.75 Å². The molecule has 1 N–H and O–H groups in total. The number of methoxy groups -OCH3 is 1. The molecule has 0 spiro atoms. The van der Waals surface area contributed by atoms with Crippen LogP contribution >= 0.6 is 0 Å². The van der Waals surface area contributed by atoms with Gasteiger partial charge in [-0.05, 0) is 17.7 Å². The van der Waals surface area contributed by atoms with Crippen molar-refractivity contribution >= 4 is 6.03 Å². The quantitative estimate of drug-likeness (QED) is 0.801. The van der Waals surface area contributed by atoms with Crippen molar-refractivity contribution < 1.29 is 14.1 Å². The Balaban J connectivity index is 1.77. The summed E-state index contributed by atoms with van der Waals surface area (Å²) >= 11 is 0. The number of hydrogen-bond donors (Lipinski definition) is 1. The van der Waals surface area contributed by atoms with Gasteiger partial charge in [0.05, 0.1) is 13.2 Å². The molecule has 1 aromatic heterocycles. The molecule has 3 aromatic rings. The predicted molar refractivity (Wildman–Crippen MR) is 89.0 cm³/mol. The highest BCUT2D eigenvalue weighted by atomic mass is 16.5. The summed E-state index contributed by atoms with van der Waals surface area (Å²) in [5.74, 6) is 0.743. The molecule has 0 aliphatic carbocycles. The van der Waals surface area contributed by atoms with Gasteiger partial charge in [-0.1, -0.05) is 42.5 Å². The van der Waals surface area contributed by atoms with Gasteiger partial charge in [-0.3, -0.25) is 0 Å². The Kier molecular flexibility index (Phi) is 4.47. The van der Waals surface area contributed by atoms with Gasteiger partial charge in [0, 0.05) is 12.1 Å². The lowest BCUT2D eigenvalue weighted by atomic mass is 10.1. The van der Waals surface area contributed by atoms with Crippen molar-refractivity contribution in [2.75, 3.05) is 7.11 Å². The molecule has 0 unspecified atom stereocenters. The Bertz CT molecular complexity index is 879. The summed E-state index contributed by atoms with van der Waals surface area (Å²) in [6.07, 6.45) is 0. The molecule has 1 heterocycles.